The van der Waals surface area contributed by atoms with Crippen LogP contribution in [0.25, 0.3) is 10.9 Å². The molecule has 0 unspecified atom stereocenters. The Bertz CT molecular complexity index is 697. The van der Waals surface area contributed by atoms with Crippen LogP contribution >= 0.6 is 0 Å². The minimum absolute atomic E-state index is 0.368. The number of aromatic nitrogens is 1. The van der Waals surface area contributed by atoms with Crippen molar-refractivity contribution >= 4 is 22.6 Å². The third-order valence-electron chi connectivity index (χ3n) is 3.95. The number of anilines is 1. The highest BCUT2D eigenvalue weighted by molar-refractivity contribution is 6.04. The molecular formula is C16H18N2O3. The number of carbonyl (C=O) groups is 1. The third kappa shape index (κ3) is 2.56. The summed E-state index contributed by atoms with van der Waals surface area (Å²) in [6, 6.07) is 7.47. The van der Waals surface area contributed by atoms with E-state index >= 15 is 0 Å². The SMILES string of the molecule is COC(=O)c1ccnc2ccc(N3CC[C@](C)(O)C3)cc12. The number of hydrogen-bond acceptors (Lipinski definition) is 5. The van der Waals surface area contributed by atoms with Gasteiger partial charge in [0, 0.05) is 30.4 Å². The lowest BCUT2D eigenvalue weighted by Gasteiger charge is -2.21. The zero-order valence-corrected chi connectivity index (χ0v) is 12.2. The van der Waals surface area contributed by atoms with Crippen molar-refractivity contribution in [2.45, 2.75) is 18.9 Å². The molecule has 0 radical (unpaired) electrons. The molecule has 0 saturated carbocycles. The van der Waals surface area contributed by atoms with Crippen LogP contribution in [0.5, 0.6) is 0 Å². The van der Waals surface area contributed by atoms with Gasteiger partial charge < -0.3 is 14.7 Å². The molecule has 1 aromatic carbocycles. The number of rotatable bonds is 2. The maximum atomic E-state index is 11.9. The Labute approximate surface area is 123 Å². The first-order chi connectivity index (χ1) is 10.00. The van der Waals surface area contributed by atoms with Crippen molar-refractivity contribution in [1.29, 1.82) is 0 Å². The van der Waals surface area contributed by atoms with Crippen LogP contribution in [-0.4, -0.2) is 41.9 Å². The van der Waals surface area contributed by atoms with E-state index in [1.165, 1.54) is 7.11 Å². The lowest BCUT2D eigenvalue weighted by atomic mass is 10.1. The molecule has 0 bridgehead atoms. The predicted octanol–water partition coefficient (Wildman–Crippen LogP) is 1.98. The topological polar surface area (TPSA) is 62.7 Å². The first-order valence-corrected chi connectivity index (χ1v) is 6.95. The third-order valence-corrected chi connectivity index (χ3v) is 3.95. The van der Waals surface area contributed by atoms with Gasteiger partial charge in [0.2, 0.25) is 0 Å². The minimum atomic E-state index is -0.658. The van der Waals surface area contributed by atoms with Crippen LogP contribution in [0.15, 0.2) is 30.5 Å². The standard InChI is InChI=1S/C16H18N2O3/c1-16(20)6-8-18(10-16)11-3-4-14-13(9-11)12(5-7-17-14)15(19)21-2/h3-5,7,9,20H,6,8,10H2,1-2H3/t16-/m0/s1. The fourth-order valence-corrected chi connectivity index (χ4v) is 2.78. The highest BCUT2D eigenvalue weighted by Crippen LogP contribution is 2.29. The summed E-state index contributed by atoms with van der Waals surface area (Å²) in [4.78, 5) is 18.3. The maximum absolute atomic E-state index is 11.9. The van der Waals surface area contributed by atoms with Crippen molar-refractivity contribution in [1.82, 2.24) is 4.98 Å². The number of nitrogens with zero attached hydrogens (tertiary/aromatic N) is 2. The first-order valence-electron chi connectivity index (χ1n) is 6.95. The fraction of sp³-hybridized carbons (Fsp3) is 0.375. The molecular weight excluding hydrogens is 268 g/mol. The second-order valence-electron chi connectivity index (χ2n) is 5.72. The lowest BCUT2D eigenvalue weighted by molar-refractivity contribution is 0.0602. The second-order valence-corrected chi connectivity index (χ2v) is 5.72. The van der Waals surface area contributed by atoms with Gasteiger partial charge in [-0.05, 0) is 37.6 Å². The van der Waals surface area contributed by atoms with E-state index < -0.39 is 5.60 Å². The molecule has 0 spiro atoms. The van der Waals surface area contributed by atoms with Gasteiger partial charge in [0.25, 0.3) is 0 Å². The van der Waals surface area contributed by atoms with Crippen LogP contribution in [0.3, 0.4) is 0 Å². The monoisotopic (exact) mass is 286 g/mol. The molecule has 5 heteroatoms. The van der Waals surface area contributed by atoms with E-state index in [0.29, 0.717) is 12.1 Å². The van der Waals surface area contributed by atoms with E-state index in [-0.39, 0.29) is 5.97 Å². The molecule has 1 aliphatic heterocycles. The van der Waals surface area contributed by atoms with E-state index in [1.807, 2.05) is 25.1 Å². The molecule has 3 rings (SSSR count). The molecule has 2 aromatic rings. The normalized spacial score (nSPS) is 21.8. The Hall–Kier alpha value is -2.14. The molecule has 1 atom stereocenters. The number of methoxy groups -OCH3 is 1. The van der Waals surface area contributed by atoms with Crippen LogP contribution in [0, 0.1) is 0 Å². The van der Waals surface area contributed by atoms with Gasteiger partial charge in [-0.2, -0.15) is 0 Å². The Morgan fingerprint density at radius 1 is 1.43 bits per heavy atom. The van der Waals surface area contributed by atoms with Gasteiger partial charge in [0.1, 0.15) is 0 Å². The van der Waals surface area contributed by atoms with Crippen molar-refractivity contribution < 1.29 is 14.6 Å². The predicted molar refractivity (Wildman–Crippen MR) is 80.5 cm³/mol. The molecule has 110 valence electrons. The summed E-state index contributed by atoms with van der Waals surface area (Å²) in [7, 11) is 1.37. The summed E-state index contributed by atoms with van der Waals surface area (Å²) in [5, 5.41) is 10.9. The number of carbonyl (C=O) groups excluding carboxylic acids is 1. The molecule has 1 aliphatic rings. The summed E-state index contributed by atoms with van der Waals surface area (Å²) in [5.74, 6) is -0.368. The van der Waals surface area contributed by atoms with Crippen molar-refractivity contribution in [2.24, 2.45) is 0 Å². The molecule has 1 fully saturated rings. The lowest BCUT2D eigenvalue weighted by Crippen LogP contribution is -2.29. The molecule has 2 heterocycles. The number of hydrogen-bond donors (Lipinski definition) is 1. The van der Waals surface area contributed by atoms with E-state index in [2.05, 4.69) is 9.88 Å². The van der Waals surface area contributed by atoms with Crippen LogP contribution in [-0.2, 0) is 4.74 Å². The molecule has 21 heavy (non-hydrogen) atoms. The van der Waals surface area contributed by atoms with Gasteiger partial charge in [-0.15, -0.1) is 0 Å². The first kappa shape index (κ1) is 13.8. The van der Waals surface area contributed by atoms with Crippen molar-refractivity contribution in [3.63, 3.8) is 0 Å². The summed E-state index contributed by atoms with van der Waals surface area (Å²) in [6.45, 7) is 3.23. The summed E-state index contributed by atoms with van der Waals surface area (Å²) >= 11 is 0. The minimum Gasteiger partial charge on any atom is -0.465 e. The largest absolute Gasteiger partial charge is 0.465 e. The smallest absolute Gasteiger partial charge is 0.338 e. The van der Waals surface area contributed by atoms with Crippen LogP contribution in [0.1, 0.15) is 23.7 Å². The van der Waals surface area contributed by atoms with Crippen molar-refractivity contribution in [3.05, 3.63) is 36.0 Å². The number of benzene rings is 1. The molecule has 1 N–H and O–H groups in total. The second kappa shape index (κ2) is 5.00. The molecule has 1 saturated heterocycles. The zero-order chi connectivity index (χ0) is 15.0. The fourth-order valence-electron chi connectivity index (χ4n) is 2.78. The maximum Gasteiger partial charge on any atom is 0.338 e. The molecule has 0 amide bonds. The van der Waals surface area contributed by atoms with Crippen LogP contribution in [0.4, 0.5) is 5.69 Å². The Balaban J connectivity index is 2.05. The van der Waals surface area contributed by atoms with Crippen molar-refractivity contribution in [2.75, 3.05) is 25.1 Å². The van der Waals surface area contributed by atoms with Gasteiger partial charge >= 0.3 is 5.97 Å². The highest BCUT2D eigenvalue weighted by Gasteiger charge is 2.31. The average molecular weight is 286 g/mol. The van der Waals surface area contributed by atoms with Crippen molar-refractivity contribution in [3.8, 4) is 0 Å². The number of β-amino-alcohol motifs (C(OH)–C–C–N with tert-alkyl or cyclic N) is 1. The van der Waals surface area contributed by atoms with Crippen LogP contribution in [0.2, 0.25) is 0 Å². The van der Waals surface area contributed by atoms with E-state index in [4.69, 9.17) is 4.74 Å². The Kier molecular flexibility index (Phi) is 3.29. The Morgan fingerprint density at radius 2 is 2.24 bits per heavy atom. The highest BCUT2D eigenvalue weighted by atomic mass is 16.5. The molecule has 5 nitrogen and oxygen atoms in total. The summed E-state index contributed by atoms with van der Waals surface area (Å²) in [6.07, 6.45) is 2.34. The van der Waals surface area contributed by atoms with E-state index in [1.54, 1.807) is 12.3 Å². The van der Waals surface area contributed by atoms with Gasteiger partial charge in [0.15, 0.2) is 0 Å². The quantitative estimate of drug-likeness (QED) is 0.855. The number of pyridine rings is 1. The van der Waals surface area contributed by atoms with E-state index in [9.17, 15) is 9.90 Å². The zero-order valence-electron chi connectivity index (χ0n) is 12.2. The summed E-state index contributed by atoms with van der Waals surface area (Å²) in [5.41, 5.74) is 1.59. The Morgan fingerprint density at radius 3 is 2.90 bits per heavy atom. The van der Waals surface area contributed by atoms with E-state index in [0.717, 1.165) is 29.6 Å². The van der Waals surface area contributed by atoms with Gasteiger partial charge in [-0.3, -0.25) is 4.98 Å². The molecule has 1 aromatic heterocycles. The molecule has 0 aliphatic carbocycles. The van der Waals surface area contributed by atoms with Crippen LogP contribution < -0.4 is 4.90 Å². The number of aliphatic hydroxyl groups is 1. The summed E-state index contributed by atoms with van der Waals surface area (Å²) < 4.78 is 4.82. The van der Waals surface area contributed by atoms with Gasteiger partial charge in [-0.1, -0.05) is 0 Å². The number of fused-ring (bicyclic) bond motifs is 1. The van der Waals surface area contributed by atoms with Gasteiger partial charge in [-0.25, -0.2) is 4.79 Å². The number of esters is 1. The van der Waals surface area contributed by atoms with Gasteiger partial charge in [0.05, 0.1) is 23.8 Å². The average Bonchev–Trinajstić information content (AvgIpc) is 2.85. The number of ether oxygens (including phenoxy) is 1.